The average Bonchev–Trinajstić information content (AvgIpc) is 2.33. The van der Waals surface area contributed by atoms with E-state index in [4.69, 9.17) is 5.73 Å². The second-order valence-electron chi connectivity index (χ2n) is 5.33. The van der Waals surface area contributed by atoms with Gasteiger partial charge in [-0.2, -0.15) is 0 Å². The number of rotatable bonds is 11. The molecule has 0 aromatic heterocycles. The van der Waals surface area contributed by atoms with Gasteiger partial charge in [0.1, 0.15) is 0 Å². The number of nitrogens with two attached hydrogens (primary N) is 1. The van der Waals surface area contributed by atoms with E-state index in [2.05, 4.69) is 20.8 Å². The summed E-state index contributed by atoms with van der Waals surface area (Å²) >= 11 is 0. The molecule has 0 bridgehead atoms. The molecule has 1 atom stereocenters. The molecule has 98 valence electrons. The van der Waals surface area contributed by atoms with Gasteiger partial charge in [-0.15, -0.1) is 0 Å². The minimum Gasteiger partial charge on any atom is -0.330 e. The lowest BCUT2D eigenvalue weighted by Gasteiger charge is -2.31. The average molecular weight is 227 g/mol. The fourth-order valence-corrected chi connectivity index (χ4v) is 2.48. The van der Waals surface area contributed by atoms with Crippen LogP contribution in [0, 0.1) is 5.41 Å². The molecule has 0 fully saturated rings. The lowest BCUT2D eigenvalue weighted by Crippen LogP contribution is -2.29. The number of hydrogen-bond donors (Lipinski definition) is 1. The topological polar surface area (TPSA) is 26.0 Å². The van der Waals surface area contributed by atoms with E-state index in [1.54, 1.807) is 0 Å². The van der Waals surface area contributed by atoms with E-state index in [1.807, 2.05) is 0 Å². The molecule has 0 aromatic carbocycles. The molecule has 1 heteroatoms. The van der Waals surface area contributed by atoms with Crippen molar-refractivity contribution in [1.82, 2.24) is 0 Å². The molecule has 0 aliphatic heterocycles. The van der Waals surface area contributed by atoms with Gasteiger partial charge in [-0.05, 0) is 31.2 Å². The maximum atomic E-state index is 6.00. The van der Waals surface area contributed by atoms with Gasteiger partial charge in [-0.25, -0.2) is 0 Å². The molecule has 1 unspecified atom stereocenters. The van der Waals surface area contributed by atoms with Crippen LogP contribution >= 0.6 is 0 Å². The summed E-state index contributed by atoms with van der Waals surface area (Å²) in [5.41, 5.74) is 6.46. The van der Waals surface area contributed by atoms with Crippen molar-refractivity contribution in [3.05, 3.63) is 0 Å². The zero-order chi connectivity index (χ0) is 12.3. The fourth-order valence-electron chi connectivity index (χ4n) is 2.48. The van der Waals surface area contributed by atoms with Crippen molar-refractivity contribution in [1.29, 1.82) is 0 Å². The predicted octanol–water partition coefficient (Wildman–Crippen LogP) is 4.89. The highest BCUT2D eigenvalue weighted by Crippen LogP contribution is 2.33. The minimum atomic E-state index is 0.461. The van der Waals surface area contributed by atoms with Gasteiger partial charge in [0.2, 0.25) is 0 Å². The van der Waals surface area contributed by atoms with Gasteiger partial charge in [0.05, 0.1) is 0 Å². The van der Waals surface area contributed by atoms with Crippen LogP contribution in [0.2, 0.25) is 0 Å². The van der Waals surface area contributed by atoms with Crippen LogP contribution in [-0.2, 0) is 0 Å². The standard InChI is InChI=1S/C15H33N/c1-4-7-9-10-11-13-15(6-3,14-16)12-8-5-2/h4-14,16H2,1-3H3. The van der Waals surface area contributed by atoms with Crippen molar-refractivity contribution in [2.24, 2.45) is 11.1 Å². The third-order valence-corrected chi connectivity index (χ3v) is 4.05. The number of unbranched alkanes of at least 4 members (excludes halogenated alkanes) is 5. The van der Waals surface area contributed by atoms with Gasteiger partial charge in [0.25, 0.3) is 0 Å². The first-order valence-corrected chi connectivity index (χ1v) is 7.44. The summed E-state index contributed by atoms with van der Waals surface area (Å²) < 4.78 is 0. The van der Waals surface area contributed by atoms with Gasteiger partial charge in [-0.3, -0.25) is 0 Å². The summed E-state index contributed by atoms with van der Waals surface area (Å²) in [5, 5.41) is 0. The van der Waals surface area contributed by atoms with E-state index in [0.717, 1.165) is 6.54 Å². The maximum Gasteiger partial charge on any atom is -0.00206 e. The lowest BCUT2D eigenvalue weighted by molar-refractivity contribution is 0.223. The van der Waals surface area contributed by atoms with Crippen molar-refractivity contribution >= 4 is 0 Å². The minimum absolute atomic E-state index is 0.461. The Morgan fingerprint density at radius 1 is 0.750 bits per heavy atom. The van der Waals surface area contributed by atoms with Crippen LogP contribution in [0.3, 0.4) is 0 Å². The van der Waals surface area contributed by atoms with E-state index in [-0.39, 0.29) is 0 Å². The molecule has 0 spiro atoms. The van der Waals surface area contributed by atoms with E-state index >= 15 is 0 Å². The Hall–Kier alpha value is -0.0400. The van der Waals surface area contributed by atoms with Gasteiger partial charge < -0.3 is 5.73 Å². The van der Waals surface area contributed by atoms with Crippen LogP contribution in [0.5, 0.6) is 0 Å². The Kier molecular flexibility index (Phi) is 10.1. The summed E-state index contributed by atoms with van der Waals surface area (Å²) in [4.78, 5) is 0. The Morgan fingerprint density at radius 2 is 1.31 bits per heavy atom. The van der Waals surface area contributed by atoms with Gasteiger partial charge in [0.15, 0.2) is 0 Å². The van der Waals surface area contributed by atoms with Crippen LogP contribution in [-0.4, -0.2) is 6.54 Å². The predicted molar refractivity (Wildman–Crippen MR) is 74.7 cm³/mol. The molecule has 0 aromatic rings. The Labute approximate surface area is 103 Å². The van der Waals surface area contributed by atoms with Crippen molar-refractivity contribution in [2.75, 3.05) is 6.54 Å². The van der Waals surface area contributed by atoms with E-state index < -0.39 is 0 Å². The molecule has 0 saturated heterocycles. The van der Waals surface area contributed by atoms with E-state index in [1.165, 1.54) is 64.2 Å². The third kappa shape index (κ3) is 6.52. The second-order valence-corrected chi connectivity index (χ2v) is 5.33. The van der Waals surface area contributed by atoms with Crippen molar-refractivity contribution < 1.29 is 0 Å². The summed E-state index contributed by atoms with van der Waals surface area (Å²) in [6, 6.07) is 0. The van der Waals surface area contributed by atoms with Gasteiger partial charge >= 0.3 is 0 Å². The molecule has 0 amide bonds. The Bertz CT molecular complexity index is 138. The smallest absolute Gasteiger partial charge is 0.00206 e. The zero-order valence-corrected chi connectivity index (χ0v) is 11.9. The first-order chi connectivity index (χ1) is 7.74. The highest BCUT2D eigenvalue weighted by atomic mass is 14.6. The van der Waals surface area contributed by atoms with Crippen LogP contribution < -0.4 is 5.73 Å². The molecule has 0 radical (unpaired) electrons. The molecular weight excluding hydrogens is 194 g/mol. The molecule has 0 heterocycles. The fraction of sp³-hybridized carbons (Fsp3) is 1.00. The quantitative estimate of drug-likeness (QED) is 0.500. The molecule has 0 aliphatic rings. The Balaban J connectivity index is 3.82. The van der Waals surface area contributed by atoms with Crippen molar-refractivity contribution in [3.8, 4) is 0 Å². The highest BCUT2D eigenvalue weighted by molar-refractivity contribution is 4.78. The number of hydrogen-bond acceptors (Lipinski definition) is 1. The van der Waals surface area contributed by atoms with E-state index in [9.17, 15) is 0 Å². The molecule has 16 heavy (non-hydrogen) atoms. The van der Waals surface area contributed by atoms with Crippen molar-refractivity contribution in [2.45, 2.75) is 85.0 Å². The lowest BCUT2D eigenvalue weighted by atomic mass is 9.76. The molecule has 0 saturated carbocycles. The Morgan fingerprint density at radius 3 is 1.81 bits per heavy atom. The molecule has 2 N–H and O–H groups in total. The highest BCUT2D eigenvalue weighted by Gasteiger charge is 2.24. The summed E-state index contributed by atoms with van der Waals surface area (Å²) in [6.07, 6.45) is 13.5. The molecule has 1 nitrogen and oxygen atoms in total. The molecule has 0 aliphatic carbocycles. The normalized spacial score (nSPS) is 15.0. The zero-order valence-electron chi connectivity index (χ0n) is 11.9. The van der Waals surface area contributed by atoms with Gasteiger partial charge in [-0.1, -0.05) is 65.7 Å². The van der Waals surface area contributed by atoms with E-state index in [0.29, 0.717) is 5.41 Å². The summed E-state index contributed by atoms with van der Waals surface area (Å²) in [6.45, 7) is 7.75. The largest absolute Gasteiger partial charge is 0.330 e. The van der Waals surface area contributed by atoms with Crippen LogP contribution in [0.1, 0.15) is 85.0 Å². The molecule has 0 rings (SSSR count). The third-order valence-electron chi connectivity index (χ3n) is 4.05. The van der Waals surface area contributed by atoms with Crippen molar-refractivity contribution in [3.63, 3.8) is 0 Å². The SMILES string of the molecule is CCCCCCCC(CC)(CN)CCCC. The monoisotopic (exact) mass is 227 g/mol. The van der Waals surface area contributed by atoms with Crippen LogP contribution in [0.15, 0.2) is 0 Å². The second kappa shape index (κ2) is 10.1. The summed E-state index contributed by atoms with van der Waals surface area (Å²) in [5.74, 6) is 0. The first-order valence-electron chi connectivity index (χ1n) is 7.44. The first kappa shape index (κ1) is 16.0. The van der Waals surface area contributed by atoms with Gasteiger partial charge in [0, 0.05) is 0 Å². The van der Waals surface area contributed by atoms with Crippen LogP contribution in [0.25, 0.3) is 0 Å². The maximum absolute atomic E-state index is 6.00. The van der Waals surface area contributed by atoms with Crippen LogP contribution in [0.4, 0.5) is 0 Å². The molecular formula is C15H33N. The summed E-state index contributed by atoms with van der Waals surface area (Å²) in [7, 11) is 0.